The molecule has 0 saturated carbocycles. The molecule has 0 bridgehead atoms. The van der Waals surface area contributed by atoms with Gasteiger partial charge in [0.05, 0.1) is 12.8 Å². The van der Waals surface area contributed by atoms with Gasteiger partial charge >= 0.3 is 11.9 Å². The van der Waals surface area contributed by atoms with Gasteiger partial charge in [-0.15, -0.1) is 0 Å². The van der Waals surface area contributed by atoms with E-state index in [0.29, 0.717) is 0 Å². The van der Waals surface area contributed by atoms with E-state index in [9.17, 15) is 9.59 Å². The minimum Gasteiger partial charge on any atom is -0.393 e. The number of ether oxygens (including phenoxy) is 1. The van der Waals surface area contributed by atoms with Crippen LogP contribution in [0, 0.1) is 6.92 Å². The molecule has 0 N–H and O–H groups in total. The summed E-state index contributed by atoms with van der Waals surface area (Å²) in [6.07, 6.45) is 3.96. The largest absolute Gasteiger partial charge is 0.393 e. The number of aromatic nitrogens is 1. The highest BCUT2D eigenvalue weighted by Gasteiger charge is 2.28. The Hall–Kier alpha value is -1.71. The number of carbonyl (C=O) groups is 2. The maximum atomic E-state index is 11.1. The van der Waals surface area contributed by atoms with Crippen LogP contribution >= 0.6 is 0 Å². The maximum Gasteiger partial charge on any atom is 0.314 e. The number of rotatable bonds is 1. The second-order valence-corrected chi connectivity index (χ2v) is 3.68. The van der Waals surface area contributed by atoms with Crippen molar-refractivity contribution in [2.45, 2.75) is 25.7 Å². The summed E-state index contributed by atoms with van der Waals surface area (Å²) in [5.41, 5.74) is 2.01. The second-order valence-electron chi connectivity index (χ2n) is 3.68. The fraction of sp³-hybridized carbons (Fsp3) is 0.364. The van der Waals surface area contributed by atoms with Gasteiger partial charge in [0.1, 0.15) is 0 Å². The van der Waals surface area contributed by atoms with Gasteiger partial charge in [0.15, 0.2) is 0 Å². The van der Waals surface area contributed by atoms with Gasteiger partial charge in [-0.3, -0.25) is 14.6 Å². The van der Waals surface area contributed by atoms with E-state index in [-0.39, 0.29) is 18.8 Å². The van der Waals surface area contributed by atoms with Crippen LogP contribution in [0.3, 0.4) is 0 Å². The van der Waals surface area contributed by atoms with Crippen molar-refractivity contribution in [2.24, 2.45) is 0 Å². The molecule has 0 atom stereocenters. The fourth-order valence-electron chi connectivity index (χ4n) is 1.85. The number of aryl methyl sites for hydroxylation is 1. The molecule has 0 amide bonds. The van der Waals surface area contributed by atoms with Crippen LogP contribution < -0.4 is 0 Å². The van der Waals surface area contributed by atoms with Gasteiger partial charge in [-0.2, -0.15) is 0 Å². The van der Waals surface area contributed by atoms with Gasteiger partial charge in [-0.25, -0.2) is 0 Å². The Morgan fingerprint density at radius 3 is 2.60 bits per heavy atom. The van der Waals surface area contributed by atoms with Crippen LogP contribution in [0.2, 0.25) is 0 Å². The standard InChI is InChI=1S/C11H11NO3/c1-7-6-12-3-2-9(7)8-4-10(13)15-11(14)5-8/h2-3,6,8H,4-5H2,1H3. The minimum atomic E-state index is -0.438. The summed E-state index contributed by atoms with van der Waals surface area (Å²) in [6, 6.07) is 1.85. The molecular formula is C11H11NO3. The Morgan fingerprint density at radius 1 is 1.33 bits per heavy atom. The van der Waals surface area contributed by atoms with Crippen molar-refractivity contribution in [1.29, 1.82) is 0 Å². The van der Waals surface area contributed by atoms with E-state index in [1.807, 2.05) is 13.0 Å². The smallest absolute Gasteiger partial charge is 0.314 e. The lowest BCUT2D eigenvalue weighted by atomic mass is 9.89. The molecule has 4 nitrogen and oxygen atoms in total. The van der Waals surface area contributed by atoms with Crippen molar-refractivity contribution in [3.05, 3.63) is 29.6 Å². The Kier molecular flexibility index (Phi) is 2.49. The van der Waals surface area contributed by atoms with Gasteiger partial charge in [-0.05, 0) is 24.1 Å². The molecule has 1 aliphatic rings. The van der Waals surface area contributed by atoms with E-state index in [0.717, 1.165) is 11.1 Å². The third-order valence-corrected chi connectivity index (χ3v) is 2.56. The van der Waals surface area contributed by atoms with Crippen molar-refractivity contribution in [3.8, 4) is 0 Å². The number of hydrogen-bond donors (Lipinski definition) is 0. The van der Waals surface area contributed by atoms with E-state index in [4.69, 9.17) is 0 Å². The van der Waals surface area contributed by atoms with Crippen LogP contribution in [-0.4, -0.2) is 16.9 Å². The highest BCUT2D eigenvalue weighted by molar-refractivity contribution is 5.89. The monoisotopic (exact) mass is 205 g/mol. The molecule has 1 aromatic rings. The lowest BCUT2D eigenvalue weighted by Crippen LogP contribution is -2.24. The number of hydrogen-bond acceptors (Lipinski definition) is 4. The van der Waals surface area contributed by atoms with Gasteiger partial charge in [0.25, 0.3) is 0 Å². The Bertz CT molecular complexity index is 398. The molecule has 0 spiro atoms. The Labute approximate surface area is 87.3 Å². The quantitative estimate of drug-likeness (QED) is 0.512. The lowest BCUT2D eigenvalue weighted by Gasteiger charge is -2.21. The van der Waals surface area contributed by atoms with Crippen molar-refractivity contribution in [2.75, 3.05) is 0 Å². The molecule has 78 valence electrons. The Morgan fingerprint density at radius 2 is 2.00 bits per heavy atom. The molecule has 4 heteroatoms. The number of esters is 2. The van der Waals surface area contributed by atoms with Crippen LogP contribution in [0.1, 0.15) is 29.9 Å². The first-order chi connectivity index (χ1) is 7.16. The highest BCUT2D eigenvalue weighted by Crippen LogP contribution is 2.29. The first-order valence-corrected chi connectivity index (χ1v) is 4.81. The van der Waals surface area contributed by atoms with Gasteiger partial charge in [-0.1, -0.05) is 0 Å². The molecular weight excluding hydrogens is 194 g/mol. The molecule has 0 aromatic carbocycles. The highest BCUT2D eigenvalue weighted by atomic mass is 16.6. The third-order valence-electron chi connectivity index (χ3n) is 2.56. The summed E-state index contributed by atoms with van der Waals surface area (Å²) in [5, 5.41) is 0. The van der Waals surface area contributed by atoms with Crippen molar-refractivity contribution in [1.82, 2.24) is 4.98 Å². The number of pyridine rings is 1. The summed E-state index contributed by atoms with van der Waals surface area (Å²) in [6.45, 7) is 1.92. The topological polar surface area (TPSA) is 56.3 Å². The summed E-state index contributed by atoms with van der Waals surface area (Å²) in [7, 11) is 0. The Balaban J connectivity index is 2.27. The molecule has 1 aliphatic heterocycles. The minimum absolute atomic E-state index is 0.0539. The SMILES string of the molecule is Cc1cnccc1C1CC(=O)OC(=O)C1. The molecule has 1 aromatic heterocycles. The normalized spacial score (nSPS) is 17.7. The zero-order chi connectivity index (χ0) is 10.8. The molecule has 0 radical (unpaired) electrons. The maximum absolute atomic E-state index is 11.1. The summed E-state index contributed by atoms with van der Waals surface area (Å²) in [4.78, 5) is 26.2. The van der Waals surface area contributed by atoms with Gasteiger partial charge < -0.3 is 4.74 Å². The van der Waals surface area contributed by atoms with Crippen LogP contribution in [-0.2, 0) is 14.3 Å². The first-order valence-electron chi connectivity index (χ1n) is 4.81. The summed E-state index contributed by atoms with van der Waals surface area (Å²) < 4.78 is 4.48. The van der Waals surface area contributed by atoms with E-state index in [2.05, 4.69) is 9.72 Å². The summed E-state index contributed by atoms with van der Waals surface area (Å²) >= 11 is 0. The molecule has 0 aliphatic carbocycles. The molecule has 15 heavy (non-hydrogen) atoms. The first kappa shape index (κ1) is 9.83. The number of cyclic esters (lactones) is 2. The van der Waals surface area contributed by atoms with E-state index in [1.54, 1.807) is 12.4 Å². The van der Waals surface area contributed by atoms with Gasteiger partial charge in [0.2, 0.25) is 0 Å². The molecule has 2 rings (SSSR count). The van der Waals surface area contributed by atoms with Gasteiger partial charge in [0, 0.05) is 18.3 Å². The average Bonchev–Trinajstić information content (AvgIpc) is 2.16. The zero-order valence-electron chi connectivity index (χ0n) is 8.40. The fourth-order valence-corrected chi connectivity index (χ4v) is 1.85. The van der Waals surface area contributed by atoms with Crippen molar-refractivity contribution < 1.29 is 14.3 Å². The van der Waals surface area contributed by atoms with Crippen molar-refractivity contribution in [3.63, 3.8) is 0 Å². The average molecular weight is 205 g/mol. The van der Waals surface area contributed by atoms with Crippen LogP contribution in [0.4, 0.5) is 0 Å². The van der Waals surface area contributed by atoms with Crippen LogP contribution in [0.25, 0.3) is 0 Å². The third kappa shape index (κ3) is 2.03. The molecule has 2 heterocycles. The lowest BCUT2D eigenvalue weighted by molar-refractivity contribution is -0.163. The van der Waals surface area contributed by atoms with E-state index < -0.39 is 11.9 Å². The second kappa shape index (κ2) is 3.81. The number of nitrogens with zero attached hydrogens (tertiary/aromatic N) is 1. The van der Waals surface area contributed by atoms with E-state index in [1.165, 1.54) is 0 Å². The van der Waals surface area contributed by atoms with Crippen LogP contribution in [0.15, 0.2) is 18.5 Å². The predicted octanol–water partition coefficient (Wildman–Crippen LogP) is 1.34. The predicted molar refractivity (Wildman–Crippen MR) is 52.0 cm³/mol. The molecule has 1 fully saturated rings. The molecule has 0 unspecified atom stereocenters. The number of carbonyl (C=O) groups excluding carboxylic acids is 2. The summed E-state index contributed by atoms with van der Waals surface area (Å²) in [5.74, 6) is -0.929. The van der Waals surface area contributed by atoms with Crippen molar-refractivity contribution >= 4 is 11.9 Å². The van der Waals surface area contributed by atoms with E-state index >= 15 is 0 Å². The molecule has 1 saturated heterocycles. The van der Waals surface area contributed by atoms with Crippen LogP contribution in [0.5, 0.6) is 0 Å². The zero-order valence-corrected chi connectivity index (χ0v) is 8.40.